The van der Waals surface area contributed by atoms with Gasteiger partial charge in [-0.2, -0.15) is 5.10 Å². The average molecular weight is 318 g/mol. The van der Waals surface area contributed by atoms with Gasteiger partial charge < -0.3 is 0 Å². The number of pyridine rings is 1. The molecule has 0 N–H and O–H groups in total. The Hall–Kier alpha value is -2.46. The SMILES string of the molecule is Cc1cccnc1-c1nn2c(c1C)CN(Cc1ccccc1)CC2. The highest BCUT2D eigenvalue weighted by molar-refractivity contribution is 5.63. The standard InChI is InChI=1S/C20H22N4/c1-15-7-6-10-21-19(15)20-16(2)18-14-23(11-12-24(18)22-20)13-17-8-4-3-5-9-17/h3-10H,11-14H2,1-2H3. The van der Waals surface area contributed by atoms with Gasteiger partial charge in [0.2, 0.25) is 0 Å². The molecule has 0 amide bonds. The Morgan fingerprint density at radius 3 is 2.58 bits per heavy atom. The molecule has 2 aromatic heterocycles. The van der Waals surface area contributed by atoms with Crippen molar-refractivity contribution in [3.8, 4) is 11.4 Å². The molecule has 1 aliphatic rings. The van der Waals surface area contributed by atoms with Crippen LogP contribution in [0.25, 0.3) is 11.4 Å². The van der Waals surface area contributed by atoms with Crippen molar-refractivity contribution in [2.45, 2.75) is 33.5 Å². The number of rotatable bonds is 3. The van der Waals surface area contributed by atoms with Gasteiger partial charge in [-0.05, 0) is 31.0 Å². The van der Waals surface area contributed by atoms with Crippen molar-refractivity contribution >= 4 is 0 Å². The quantitative estimate of drug-likeness (QED) is 0.740. The lowest BCUT2D eigenvalue weighted by Crippen LogP contribution is -2.33. The first kappa shape index (κ1) is 15.1. The predicted octanol–water partition coefficient (Wildman–Crippen LogP) is 3.58. The van der Waals surface area contributed by atoms with Crippen molar-refractivity contribution in [2.24, 2.45) is 0 Å². The molecule has 4 heteroatoms. The van der Waals surface area contributed by atoms with Crippen molar-refractivity contribution in [1.29, 1.82) is 0 Å². The van der Waals surface area contributed by atoms with Gasteiger partial charge in [-0.15, -0.1) is 0 Å². The van der Waals surface area contributed by atoms with Crippen molar-refractivity contribution in [2.75, 3.05) is 6.54 Å². The van der Waals surface area contributed by atoms with Gasteiger partial charge in [0.1, 0.15) is 5.69 Å². The van der Waals surface area contributed by atoms with Crippen LogP contribution < -0.4 is 0 Å². The largest absolute Gasteiger partial charge is 0.291 e. The molecule has 3 heterocycles. The van der Waals surface area contributed by atoms with E-state index in [0.717, 1.165) is 37.6 Å². The first-order chi connectivity index (χ1) is 11.7. The van der Waals surface area contributed by atoms with Crippen molar-refractivity contribution in [3.63, 3.8) is 0 Å². The fraction of sp³-hybridized carbons (Fsp3) is 0.300. The maximum atomic E-state index is 4.85. The topological polar surface area (TPSA) is 34.0 Å². The van der Waals surface area contributed by atoms with Gasteiger partial charge in [0.05, 0.1) is 17.9 Å². The molecule has 0 spiro atoms. The third-order valence-corrected chi connectivity index (χ3v) is 4.80. The summed E-state index contributed by atoms with van der Waals surface area (Å²) in [6.45, 7) is 8.18. The summed E-state index contributed by atoms with van der Waals surface area (Å²) < 4.78 is 2.17. The van der Waals surface area contributed by atoms with Crippen LogP contribution in [0, 0.1) is 13.8 Å². The molecule has 0 bridgehead atoms. The van der Waals surface area contributed by atoms with Gasteiger partial charge >= 0.3 is 0 Å². The summed E-state index contributed by atoms with van der Waals surface area (Å²) in [5.41, 5.74) is 7.16. The molecule has 0 unspecified atom stereocenters. The fourth-order valence-electron chi connectivity index (χ4n) is 3.43. The Balaban J connectivity index is 1.62. The van der Waals surface area contributed by atoms with E-state index in [4.69, 9.17) is 5.10 Å². The molecule has 1 aromatic carbocycles. The van der Waals surface area contributed by atoms with Crippen LogP contribution in [-0.2, 0) is 19.6 Å². The Kier molecular flexibility index (Phi) is 3.90. The Morgan fingerprint density at radius 1 is 0.958 bits per heavy atom. The van der Waals surface area contributed by atoms with Crippen LogP contribution >= 0.6 is 0 Å². The molecule has 0 radical (unpaired) electrons. The zero-order valence-corrected chi connectivity index (χ0v) is 14.2. The zero-order chi connectivity index (χ0) is 16.5. The molecule has 122 valence electrons. The lowest BCUT2D eigenvalue weighted by Gasteiger charge is -2.28. The van der Waals surface area contributed by atoms with E-state index in [9.17, 15) is 0 Å². The average Bonchev–Trinajstić information content (AvgIpc) is 2.93. The number of aryl methyl sites for hydroxylation is 1. The van der Waals surface area contributed by atoms with Crippen LogP contribution in [-0.4, -0.2) is 26.2 Å². The summed E-state index contributed by atoms with van der Waals surface area (Å²) in [5.74, 6) is 0. The van der Waals surface area contributed by atoms with Gasteiger partial charge in [-0.25, -0.2) is 0 Å². The molecule has 4 nitrogen and oxygen atoms in total. The van der Waals surface area contributed by atoms with Crippen LogP contribution in [0.15, 0.2) is 48.7 Å². The second-order valence-corrected chi connectivity index (χ2v) is 6.51. The van der Waals surface area contributed by atoms with E-state index < -0.39 is 0 Å². The molecule has 24 heavy (non-hydrogen) atoms. The molecule has 0 saturated heterocycles. The minimum atomic E-state index is 0.939. The zero-order valence-electron chi connectivity index (χ0n) is 14.2. The first-order valence-electron chi connectivity index (χ1n) is 8.47. The first-order valence-corrected chi connectivity index (χ1v) is 8.47. The van der Waals surface area contributed by atoms with E-state index in [2.05, 4.69) is 64.8 Å². The van der Waals surface area contributed by atoms with Gasteiger partial charge in [-0.3, -0.25) is 14.6 Å². The molecule has 1 aliphatic heterocycles. The van der Waals surface area contributed by atoms with Crippen LogP contribution in [0.5, 0.6) is 0 Å². The lowest BCUT2D eigenvalue weighted by molar-refractivity contribution is 0.204. The number of benzene rings is 1. The van der Waals surface area contributed by atoms with Crippen molar-refractivity contribution in [3.05, 3.63) is 71.0 Å². The van der Waals surface area contributed by atoms with Crippen LogP contribution in [0.3, 0.4) is 0 Å². The maximum absolute atomic E-state index is 4.85. The van der Waals surface area contributed by atoms with Gasteiger partial charge in [0.25, 0.3) is 0 Å². The number of hydrogen-bond acceptors (Lipinski definition) is 3. The number of nitrogens with zero attached hydrogens (tertiary/aromatic N) is 4. The van der Waals surface area contributed by atoms with E-state index in [-0.39, 0.29) is 0 Å². The molecule has 3 aromatic rings. The van der Waals surface area contributed by atoms with Crippen molar-refractivity contribution in [1.82, 2.24) is 19.7 Å². The second kappa shape index (κ2) is 6.21. The van der Waals surface area contributed by atoms with Crippen LogP contribution in [0.1, 0.15) is 22.4 Å². The fourth-order valence-corrected chi connectivity index (χ4v) is 3.43. The summed E-state index contributed by atoms with van der Waals surface area (Å²) >= 11 is 0. The summed E-state index contributed by atoms with van der Waals surface area (Å²) in [4.78, 5) is 7.04. The highest BCUT2D eigenvalue weighted by Gasteiger charge is 2.23. The normalized spacial score (nSPS) is 14.6. The minimum absolute atomic E-state index is 0.939. The summed E-state index contributed by atoms with van der Waals surface area (Å²) in [5, 5.41) is 4.85. The maximum Gasteiger partial charge on any atom is 0.114 e. The van der Waals surface area contributed by atoms with Gasteiger partial charge in [0, 0.05) is 31.4 Å². The Bertz CT molecular complexity index is 851. The van der Waals surface area contributed by atoms with Crippen LogP contribution in [0.4, 0.5) is 0 Å². The molecular weight excluding hydrogens is 296 g/mol. The molecular formula is C20H22N4. The lowest BCUT2D eigenvalue weighted by atomic mass is 10.1. The third kappa shape index (κ3) is 2.74. The highest BCUT2D eigenvalue weighted by atomic mass is 15.3. The van der Waals surface area contributed by atoms with Crippen molar-refractivity contribution < 1.29 is 0 Å². The Morgan fingerprint density at radius 2 is 1.79 bits per heavy atom. The molecule has 0 aliphatic carbocycles. The number of hydrogen-bond donors (Lipinski definition) is 0. The van der Waals surface area contributed by atoms with Crippen LogP contribution in [0.2, 0.25) is 0 Å². The molecule has 0 atom stereocenters. The van der Waals surface area contributed by atoms with E-state index in [1.165, 1.54) is 22.4 Å². The monoisotopic (exact) mass is 318 g/mol. The van der Waals surface area contributed by atoms with Gasteiger partial charge in [0.15, 0.2) is 0 Å². The summed E-state index contributed by atoms with van der Waals surface area (Å²) in [7, 11) is 0. The smallest absolute Gasteiger partial charge is 0.114 e. The predicted molar refractivity (Wildman–Crippen MR) is 95.5 cm³/mol. The minimum Gasteiger partial charge on any atom is -0.291 e. The van der Waals surface area contributed by atoms with E-state index in [1.54, 1.807) is 0 Å². The molecule has 0 fully saturated rings. The van der Waals surface area contributed by atoms with E-state index >= 15 is 0 Å². The summed E-state index contributed by atoms with van der Waals surface area (Å²) in [6, 6.07) is 14.8. The number of fused-ring (bicyclic) bond motifs is 1. The van der Waals surface area contributed by atoms with E-state index in [0.29, 0.717) is 0 Å². The molecule has 0 saturated carbocycles. The second-order valence-electron chi connectivity index (χ2n) is 6.51. The number of aromatic nitrogens is 3. The molecule has 4 rings (SSSR count). The third-order valence-electron chi connectivity index (χ3n) is 4.80. The Labute approximate surface area is 142 Å². The highest BCUT2D eigenvalue weighted by Crippen LogP contribution is 2.28. The van der Waals surface area contributed by atoms with E-state index in [1.807, 2.05) is 12.3 Å². The summed E-state index contributed by atoms with van der Waals surface area (Å²) in [6.07, 6.45) is 1.85. The van der Waals surface area contributed by atoms with Gasteiger partial charge in [-0.1, -0.05) is 36.4 Å².